The lowest BCUT2D eigenvalue weighted by molar-refractivity contribution is -0.128. The molecule has 0 radical (unpaired) electrons. The zero-order valence-electron chi connectivity index (χ0n) is 13.6. The number of aryl methyl sites for hydroxylation is 2. The first kappa shape index (κ1) is 17.6. The van der Waals surface area contributed by atoms with E-state index in [1.807, 2.05) is 32.7 Å². The summed E-state index contributed by atoms with van der Waals surface area (Å²) in [6.07, 6.45) is 1.75. The second-order valence-electron chi connectivity index (χ2n) is 6.59. The molecule has 0 bridgehead atoms. The molecule has 1 amide bonds. The summed E-state index contributed by atoms with van der Waals surface area (Å²) in [6.45, 7) is 6.84. The molecule has 1 aromatic rings. The third kappa shape index (κ3) is 3.60. The number of hydrogen-bond donors (Lipinski definition) is 1. The van der Waals surface area contributed by atoms with Crippen molar-refractivity contribution in [1.29, 1.82) is 0 Å². The van der Waals surface area contributed by atoms with E-state index in [1.54, 1.807) is 16.4 Å². The monoisotopic (exact) mass is 345 g/mol. The zero-order valence-corrected chi connectivity index (χ0v) is 15.2. The molecule has 1 aromatic heterocycles. The molecule has 0 aliphatic carbocycles. The average Bonchev–Trinajstić information content (AvgIpc) is 2.91. The Hall–Kier alpha value is -0.720. The van der Waals surface area contributed by atoms with E-state index in [0.717, 1.165) is 24.1 Å². The number of halogens is 1. The van der Waals surface area contributed by atoms with Gasteiger partial charge in [-0.15, -0.1) is 11.8 Å². The Morgan fingerprint density at radius 2 is 2.18 bits per heavy atom. The van der Waals surface area contributed by atoms with E-state index in [0.29, 0.717) is 17.5 Å². The summed E-state index contributed by atoms with van der Waals surface area (Å²) in [5, 5.41) is 14.2. The Bertz CT molecular complexity index is 559. The SMILES string of the molecule is Cc1nn(C)c(Cl)c1C1SCC(=O)N1CCCC(C)(C)CO. The van der Waals surface area contributed by atoms with E-state index in [4.69, 9.17) is 11.6 Å². The van der Waals surface area contributed by atoms with Crippen molar-refractivity contribution in [3.63, 3.8) is 0 Å². The molecule has 1 fully saturated rings. The van der Waals surface area contributed by atoms with E-state index in [9.17, 15) is 9.90 Å². The molecule has 2 rings (SSSR count). The maximum atomic E-state index is 12.2. The summed E-state index contributed by atoms with van der Waals surface area (Å²) in [6, 6.07) is 0. The fourth-order valence-corrected chi connectivity index (χ4v) is 4.33. The van der Waals surface area contributed by atoms with Crippen LogP contribution in [0.4, 0.5) is 0 Å². The summed E-state index contributed by atoms with van der Waals surface area (Å²) in [4.78, 5) is 14.1. The van der Waals surface area contributed by atoms with Crippen molar-refractivity contribution in [2.75, 3.05) is 18.9 Å². The summed E-state index contributed by atoms with van der Waals surface area (Å²) < 4.78 is 1.66. The second-order valence-corrected chi connectivity index (χ2v) is 8.02. The Balaban J connectivity index is 2.10. The van der Waals surface area contributed by atoms with Gasteiger partial charge in [-0.1, -0.05) is 25.4 Å². The number of rotatable bonds is 6. The van der Waals surface area contributed by atoms with Gasteiger partial charge in [-0.3, -0.25) is 9.48 Å². The van der Waals surface area contributed by atoms with Crippen LogP contribution in [0.5, 0.6) is 0 Å². The molecule has 7 heteroatoms. The molecule has 0 saturated carbocycles. The van der Waals surface area contributed by atoms with E-state index < -0.39 is 0 Å². The summed E-state index contributed by atoms with van der Waals surface area (Å²) in [5.74, 6) is 0.634. The highest BCUT2D eigenvalue weighted by Gasteiger charge is 2.36. The molecule has 124 valence electrons. The van der Waals surface area contributed by atoms with Gasteiger partial charge in [0, 0.05) is 25.8 Å². The van der Waals surface area contributed by atoms with Crippen molar-refractivity contribution in [3.8, 4) is 0 Å². The molecular formula is C15H24ClN3O2S. The standard InChI is InChI=1S/C15H24ClN3O2S/c1-10-12(13(16)18(4)17-10)14-19(11(21)8-22-14)7-5-6-15(2,3)9-20/h14,20H,5-9H2,1-4H3. The second kappa shape index (κ2) is 6.81. The minimum absolute atomic E-state index is 0.0501. The first-order chi connectivity index (χ1) is 10.3. The van der Waals surface area contributed by atoms with Gasteiger partial charge in [0.2, 0.25) is 5.91 Å². The Morgan fingerprint density at radius 3 is 2.73 bits per heavy atom. The Labute approximate surface area is 141 Å². The number of hydrogen-bond acceptors (Lipinski definition) is 4. The van der Waals surface area contributed by atoms with Crippen molar-refractivity contribution in [2.24, 2.45) is 12.5 Å². The maximum absolute atomic E-state index is 12.2. The molecule has 2 heterocycles. The molecule has 1 unspecified atom stereocenters. The molecule has 5 nitrogen and oxygen atoms in total. The normalized spacial score (nSPS) is 19.3. The lowest BCUT2D eigenvalue weighted by Crippen LogP contribution is -2.30. The molecular weight excluding hydrogens is 322 g/mol. The van der Waals surface area contributed by atoms with Crippen LogP contribution in [-0.2, 0) is 11.8 Å². The van der Waals surface area contributed by atoms with Crippen LogP contribution in [0.3, 0.4) is 0 Å². The smallest absolute Gasteiger partial charge is 0.233 e. The van der Waals surface area contributed by atoms with Crippen LogP contribution in [0, 0.1) is 12.3 Å². The molecule has 22 heavy (non-hydrogen) atoms. The highest BCUT2D eigenvalue weighted by Crippen LogP contribution is 2.43. The number of thioether (sulfide) groups is 1. The van der Waals surface area contributed by atoms with Gasteiger partial charge in [-0.25, -0.2) is 0 Å². The highest BCUT2D eigenvalue weighted by atomic mass is 35.5. The third-order valence-electron chi connectivity index (χ3n) is 4.09. The van der Waals surface area contributed by atoms with Crippen LogP contribution in [0.15, 0.2) is 0 Å². The Kier molecular flexibility index (Phi) is 5.45. The first-order valence-electron chi connectivity index (χ1n) is 7.48. The summed E-state index contributed by atoms with van der Waals surface area (Å²) >= 11 is 7.96. The largest absolute Gasteiger partial charge is 0.396 e. The van der Waals surface area contributed by atoms with Gasteiger partial charge >= 0.3 is 0 Å². The summed E-state index contributed by atoms with van der Waals surface area (Å²) in [5.41, 5.74) is 1.72. The quantitative estimate of drug-likeness (QED) is 0.861. The molecule has 1 saturated heterocycles. The number of nitrogens with zero attached hydrogens (tertiary/aromatic N) is 3. The van der Waals surface area contributed by atoms with Gasteiger partial charge in [-0.05, 0) is 25.2 Å². The predicted molar refractivity (Wildman–Crippen MR) is 90.0 cm³/mol. The van der Waals surface area contributed by atoms with Gasteiger partial charge in [0.25, 0.3) is 0 Å². The van der Waals surface area contributed by atoms with E-state index in [2.05, 4.69) is 5.10 Å². The molecule has 1 aliphatic rings. The van der Waals surface area contributed by atoms with Crippen molar-refractivity contribution >= 4 is 29.3 Å². The van der Waals surface area contributed by atoms with Crippen LogP contribution in [0.1, 0.15) is 43.3 Å². The lowest BCUT2D eigenvalue weighted by atomic mass is 9.89. The van der Waals surface area contributed by atoms with E-state index in [-0.39, 0.29) is 23.3 Å². The molecule has 0 aromatic carbocycles. The van der Waals surface area contributed by atoms with Crippen LogP contribution >= 0.6 is 23.4 Å². The van der Waals surface area contributed by atoms with Crippen molar-refractivity contribution in [1.82, 2.24) is 14.7 Å². The van der Waals surface area contributed by atoms with Crippen LogP contribution in [-0.4, -0.2) is 44.6 Å². The highest BCUT2D eigenvalue weighted by molar-refractivity contribution is 8.00. The maximum Gasteiger partial charge on any atom is 0.233 e. The van der Waals surface area contributed by atoms with Crippen molar-refractivity contribution in [2.45, 2.75) is 39.0 Å². The predicted octanol–water partition coefficient (Wildman–Crippen LogP) is 2.75. The number of aliphatic hydroxyl groups is 1. The van der Waals surface area contributed by atoms with E-state index in [1.165, 1.54) is 0 Å². The molecule has 1 atom stereocenters. The first-order valence-corrected chi connectivity index (χ1v) is 8.90. The van der Waals surface area contributed by atoms with Crippen LogP contribution < -0.4 is 0 Å². The van der Waals surface area contributed by atoms with Gasteiger partial charge in [0.05, 0.1) is 11.4 Å². The van der Waals surface area contributed by atoms with Crippen LogP contribution in [0.2, 0.25) is 5.15 Å². The van der Waals surface area contributed by atoms with Gasteiger partial charge in [0.15, 0.2) is 0 Å². The van der Waals surface area contributed by atoms with Crippen molar-refractivity contribution in [3.05, 3.63) is 16.4 Å². The fourth-order valence-electron chi connectivity index (χ4n) is 2.67. The van der Waals surface area contributed by atoms with E-state index >= 15 is 0 Å². The average molecular weight is 346 g/mol. The minimum Gasteiger partial charge on any atom is -0.396 e. The van der Waals surface area contributed by atoms with Gasteiger partial charge < -0.3 is 10.0 Å². The number of amides is 1. The van der Waals surface area contributed by atoms with Crippen LogP contribution in [0.25, 0.3) is 0 Å². The molecule has 0 spiro atoms. The van der Waals surface area contributed by atoms with Gasteiger partial charge in [-0.2, -0.15) is 5.10 Å². The number of aliphatic hydroxyl groups excluding tert-OH is 1. The van der Waals surface area contributed by atoms with Gasteiger partial charge in [0.1, 0.15) is 10.5 Å². The topological polar surface area (TPSA) is 58.4 Å². The summed E-state index contributed by atoms with van der Waals surface area (Å²) in [7, 11) is 1.81. The number of carbonyl (C=O) groups is 1. The molecule has 1 N–H and O–H groups in total. The van der Waals surface area contributed by atoms with Crippen molar-refractivity contribution < 1.29 is 9.90 Å². The lowest BCUT2D eigenvalue weighted by Gasteiger charge is -2.27. The Morgan fingerprint density at radius 1 is 1.50 bits per heavy atom. The third-order valence-corrected chi connectivity index (χ3v) is 5.76. The number of aromatic nitrogens is 2. The number of carbonyl (C=O) groups excluding carboxylic acids is 1. The zero-order chi connectivity index (χ0) is 16.5. The fraction of sp³-hybridized carbons (Fsp3) is 0.733. The molecule has 1 aliphatic heterocycles. The minimum atomic E-state index is -0.104.